The maximum atomic E-state index is 12.6. The number of aromatic nitrogens is 1. The van der Waals surface area contributed by atoms with Gasteiger partial charge in [-0.2, -0.15) is 13.2 Å². The lowest BCUT2D eigenvalue weighted by Gasteiger charge is -2.37. The average molecular weight is 259 g/mol. The van der Waals surface area contributed by atoms with E-state index >= 15 is 0 Å². The molecule has 0 aromatic carbocycles. The molecule has 0 bridgehead atoms. The molecule has 1 heterocycles. The zero-order valence-electron chi connectivity index (χ0n) is 10.2. The predicted molar refractivity (Wildman–Crippen MR) is 60.9 cm³/mol. The topological polar surface area (TPSA) is 33.1 Å². The van der Waals surface area contributed by atoms with E-state index in [4.69, 9.17) is 0 Å². The van der Waals surface area contributed by atoms with E-state index < -0.39 is 17.7 Å². The Morgan fingerprint density at radius 1 is 1.33 bits per heavy atom. The molecule has 1 N–H and O–H groups in total. The Balaban J connectivity index is 2.15. The molecule has 0 saturated heterocycles. The third-order valence-electron chi connectivity index (χ3n) is 3.82. The highest BCUT2D eigenvalue weighted by Gasteiger charge is 2.46. The summed E-state index contributed by atoms with van der Waals surface area (Å²) in [5.41, 5.74) is 0.378. The predicted octanol–water partition coefficient (Wildman–Crippen LogP) is 3.33. The van der Waals surface area contributed by atoms with Crippen LogP contribution in [0.2, 0.25) is 0 Å². The summed E-state index contributed by atoms with van der Waals surface area (Å²) in [6.45, 7) is 1.84. The third kappa shape index (κ3) is 2.51. The van der Waals surface area contributed by atoms with Gasteiger partial charge in [0.25, 0.3) is 0 Å². The minimum Gasteiger partial charge on any atom is -0.385 e. The lowest BCUT2D eigenvalue weighted by molar-refractivity contribution is -0.193. The molecule has 1 aliphatic carbocycles. The quantitative estimate of drug-likeness (QED) is 0.839. The van der Waals surface area contributed by atoms with Crippen molar-refractivity contribution in [2.45, 2.75) is 44.4 Å². The first-order valence-electron chi connectivity index (χ1n) is 6.03. The second-order valence-corrected chi connectivity index (χ2v) is 5.04. The molecule has 100 valence electrons. The van der Waals surface area contributed by atoms with Crippen LogP contribution in [0.4, 0.5) is 13.2 Å². The van der Waals surface area contributed by atoms with Gasteiger partial charge >= 0.3 is 6.18 Å². The number of alkyl halides is 3. The number of rotatable bonds is 1. The summed E-state index contributed by atoms with van der Waals surface area (Å²) >= 11 is 0. The Bertz CT molecular complexity index is 422. The molecule has 18 heavy (non-hydrogen) atoms. The van der Waals surface area contributed by atoms with Crippen LogP contribution in [0.15, 0.2) is 18.5 Å². The van der Waals surface area contributed by atoms with Crippen molar-refractivity contribution in [3.05, 3.63) is 29.6 Å². The van der Waals surface area contributed by atoms with E-state index in [9.17, 15) is 18.3 Å². The summed E-state index contributed by atoms with van der Waals surface area (Å²) in [5, 5.41) is 10.5. The third-order valence-corrected chi connectivity index (χ3v) is 3.82. The van der Waals surface area contributed by atoms with Gasteiger partial charge in [0.05, 0.1) is 11.5 Å². The van der Waals surface area contributed by atoms with E-state index in [1.54, 1.807) is 18.5 Å². The molecule has 0 amide bonds. The molecule has 2 rings (SSSR count). The van der Waals surface area contributed by atoms with Crippen LogP contribution in [0, 0.1) is 12.8 Å². The van der Waals surface area contributed by atoms with Gasteiger partial charge in [0.1, 0.15) is 0 Å². The standard InChI is InChI=1S/C13H16F3NO/c1-9-4-7-17-8-11(9)12(18)5-2-10(3-6-12)13(14,15)16/h4,7-8,10,18H,2-3,5-6H2,1H3. The largest absolute Gasteiger partial charge is 0.391 e. The number of hydrogen-bond acceptors (Lipinski definition) is 2. The second kappa shape index (κ2) is 4.53. The molecule has 1 aliphatic rings. The zero-order chi connectivity index (χ0) is 13.4. The Hall–Kier alpha value is -1.10. The smallest absolute Gasteiger partial charge is 0.385 e. The molecule has 1 aromatic heterocycles. The highest BCUT2D eigenvalue weighted by molar-refractivity contribution is 5.28. The van der Waals surface area contributed by atoms with Crippen LogP contribution in [-0.4, -0.2) is 16.3 Å². The molecule has 0 atom stereocenters. The molecule has 1 fully saturated rings. The van der Waals surface area contributed by atoms with Crippen molar-refractivity contribution < 1.29 is 18.3 Å². The normalized spacial score (nSPS) is 29.3. The number of aryl methyl sites for hydroxylation is 1. The number of aliphatic hydroxyl groups is 1. The number of nitrogens with zero attached hydrogens (tertiary/aromatic N) is 1. The van der Waals surface area contributed by atoms with Gasteiger partial charge in [0, 0.05) is 18.0 Å². The minimum atomic E-state index is -4.15. The van der Waals surface area contributed by atoms with E-state index in [0.29, 0.717) is 5.56 Å². The molecule has 0 unspecified atom stereocenters. The summed E-state index contributed by atoms with van der Waals surface area (Å²) in [6.07, 6.45) is -0.728. The first-order valence-corrected chi connectivity index (χ1v) is 6.03. The Kier molecular flexibility index (Phi) is 3.36. The molecule has 1 aromatic rings. The van der Waals surface area contributed by atoms with Crippen molar-refractivity contribution in [2.75, 3.05) is 0 Å². The van der Waals surface area contributed by atoms with E-state index in [1.165, 1.54) is 0 Å². The second-order valence-electron chi connectivity index (χ2n) is 5.04. The van der Waals surface area contributed by atoms with Gasteiger partial charge in [-0.25, -0.2) is 0 Å². The number of pyridine rings is 1. The van der Waals surface area contributed by atoms with Gasteiger partial charge < -0.3 is 5.11 Å². The first-order chi connectivity index (χ1) is 8.33. The van der Waals surface area contributed by atoms with Crippen molar-refractivity contribution in [1.82, 2.24) is 4.98 Å². The van der Waals surface area contributed by atoms with Crippen molar-refractivity contribution in [2.24, 2.45) is 5.92 Å². The van der Waals surface area contributed by atoms with E-state index in [-0.39, 0.29) is 25.7 Å². The fourth-order valence-corrected chi connectivity index (χ4v) is 2.64. The highest BCUT2D eigenvalue weighted by atomic mass is 19.4. The lowest BCUT2D eigenvalue weighted by atomic mass is 9.74. The maximum absolute atomic E-state index is 12.6. The van der Waals surface area contributed by atoms with Crippen LogP contribution >= 0.6 is 0 Å². The van der Waals surface area contributed by atoms with Crippen LogP contribution < -0.4 is 0 Å². The van der Waals surface area contributed by atoms with Gasteiger partial charge in [-0.3, -0.25) is 4.98 Å². The van der Waals surface area contributed by atoms with Crippen LogP contribution in [0.3, 0.4) is 0 Å². The molecule has 2 nitrogen and oxygen atoms in total. The fraction of sp³-hybridized carbons (Fsp3) is 0.615. The molecule has 1 saturated carbocycles. The van der Waals surface area contributed by atoms with Crippen LogP contribution in [0.25, 0.3) is 0 Å². The van der Waals surface area contributed by atoms with Gasteiger partial charge in [-0.05, 0) is 44.2 Å². The van der Waals surface area contributed by atoms with Crippen LogP contribution in [0.1, 0.15) is 36.8 Å². The Morgan fingerprint density at radius 3 is 2.44 bits per heavy atom. The lowest BCUT2D eigenvalue weighted by Crippen LogP contribution is -2.36. The minimum absolute atomic E-state index is 0.0195. The molecule has 0 aliphatic heterocycles. The van der Waals surface area contributed by atoms with Gasteiger partial charge in [-0.15, -0.1) is 0 Å². The summed E-state index contributed by atoms with van der Waals surface area (Å²) < 4.78 is 37.7. The first kappa shape index (κ1) is 13.3. The molecular weight excluding hydrogens is 243 g/mol. The molecular formula is C13H16F3NO. The van der Waals surface area contributed by atoms with Crippen LogP contribution in [0.5, 0.6) is 0 Å². The molecule has 0 spiro atoms. The van der Waals surface area contributed by atoms with Crippen LogP contribution in [-0.2, 0) is 5.60 Å². The van der Waals surface area contributed by atoms with Gasteiger partial charge in [0.2, 0.25) is 0 Å². The maximum Gasteiger partial charge on any atom is 0.391 e. The van der Waals surface area contributed by atoms with Crippen molar-refractivity contribution in [3.8, 4) is 0 Å². The SMILES string of the molecule is Cc1ccncc1C1(O)CCC(C(F)(F)F)CC1. The summed E-state index contributed by atoms with van der Waals surface area (Å²) in [7, 11) is 0. The highest BCUT2D eigenvalue weighted by Crippen LogP contribution is 2.45. The number of hydrogen-bond donors (Lipinski definition) is 1. The Labute approximate surface area is 104 Å². The monoisotopic (exact) mass is 259 g/mol. The number of halogens is 3. The molecule has 0 radical (unpaired) electrons. The summed E-state index contributed by atoms with van der Waals surface area (Å²) in [6, 6.07) is 1.77. The zero-order valence-corrected chi connectivity index (χ0v) is 10.2. The summed E-state index contributed by atoms with van der Waals surface area (Å²) in [4.78, 5) is 3.95. The van der Waals surface area contributed by atoms with Crippen molar-refractivity contribution >= 4 is 0 Å². The van der Waals surface area contributed by atoms with Gasteiger partial charge in [0.15, 0.2) is 0 Å². The molecule has 5 heteroatoms. The van der Waals surface area contributed by atoms with Crippen molar-refractivity contribution in [1.29, 1.82) is 0 Å². The van der Waals surface area contributed by atoms with E-state index in [2.05, 4.69) is 4.98 Å². The van der Waals surface area contributed by atoms with E-state index in [1.807, 2.05) is 6.92 Å². The van der Waals surface area contributed by atoms with Gasteiger partial charge in [-0.1, -0.05) is 0 Å². The average Bonchev–Trinajstić information content (AvgIpc) is 2.28. The Morgan fingerprint density at radius 2 is 1.94 bits per heavy atom. The fourth-order valence-electron chi connectivity index (χ4n) is 2.64. The summed E-state index contributed by atoms with van der Waals surface area (Å²) in [5.74, 6) is -1.28. The van der Waals surface area contributed by atoms with Crippen molar-refractivity contribution in [3.63, 3.8) is 0 Å². The van der Waals surface area contributed by atoms with E-state index in [0.717, 1.165) is 5.56 Å².